The molecule has 0 unspecified atom stereocenters. The summed E-state index contributed by atoms with van der Waals surface area (Å²) in [5, 5.41) is 1.40. The number of ether oxygens (including phenoxy) is 1. The van der Waals surface area contributed by atoms with E-state index in [1.165, 1.54) is 6.07 Å². The van der Waals surface area contributed by atoms with Gasteiger partial charge in [-0.05, 0) is 29.7 Å². The van der Waals surface area contributed by atoms with Crippen LogP contribution in [0.5, 0.6) is 5.75 Å². The summed E-state index contributed by atoms with van der Waals surface area (Å²) < 4.78 is 30.8. The molecule has 0 spiro atoms. The van der Waals surface area contributed by atoms with Crippen LogP contribution in [0.3, 0.4) is 0 Å². The highest BCUT2D eigenvalue weighted by Gasteiger charge is 2.01. The van der Waals surface area contributed by atoms with Crippen LogP contribution >= 0.6 is 0 Å². The van der Waals surface area contributed by atoms with E-state index in [0.717, 1.165) is 5.39 Å². The smallest absolute Gasteiger partial charge is 0.228 e. The van der Waals surface area contributed by atoms with Crippen molar-refractivity contribution in [2.24, 2.45) is 0 Å². The van der Waals surface area contributed by atoms with Gasteiger partial charge in [0.05, 0.1) is 0 Å². The van der Waals surface area contributed by atoms with Crippen LogP contribution in [0, 0.1) is 0 Å². The fourth-order valence-corrected chi connectivity index (χ4v) is 1.40. The highest BCUT2D eigenvalue weighted by molar-refractivity contribution is 5.90. The number of nitrogens with two attached hydrogens (primary N) is 1. The molecule has 0 aromatic heterocycles. The van der Waals surface area contributed by atoms with E-state index in [2.05, 4.69) is 4.74 Å². The Morgan fingerprint density at radius 2 is 2.21 bits per heavy atom. The van der Waals surface area contributed by atoms with E-state index >= 15 is 0 Å². The third kappa shape index (κ3) is 1.48. The first-order chi connectivity index (χ1) is 7.46. The summed E-state index contributed by atoms with van der Waals surface area (Å²) in [6, 6.07) is 10.0. The van der Waals surface area contributed by atoms with Crippen LogP contribution in [-0.4, -0.2) is 6.81 Å². The second kappa shape index (κ2) is 3.54. The Kier molecular flexibility index (Phi) is 1.68. The third-order valence-electron chi connectivity index (χ3n) is 2.01. The Bertz CT molecular complexity index is 525. The number of halogens is 1. The molecule has 0 saturated carbocycles. The lowest BCUT2D eigenvalue weighted by Gasteiger charge is -2.06. The number of fused-ring (bicyclic) bond motifs is 1. The topological polar surface area (TPSA) is 35.2 Å². The molecule has 0 aliphatic carbocycles. The predicted octanol–water partition coefficient (Wildman–Crippen LogP) is 2.73. The standard InChI is InChI=1S/C11H10FNO/c12-7-14-11-3-1-2-8-6-9(13)4-5-10(8)11/h1-6H,7,13H2/i7D2. The van der Waals surface area contributed by atoms with Crippen LogP contribution in [0.4, 0.5) is 10.1 Å². The van der Waals surface area contributed by atoms with Gasteiger partial charge in [0.25, 0.3) is 0 Å². The van der Waals surface area contributed by atoms with Gasteiger partial charge in [-0.15, -0.1) is 0 Å². The van der Waals surface area contributed by atoms with Gasteiger partial charge in [0, 0.05) is 11.1 Å². The van der Waals surface area contributed by atoms with Gasteiger partial charge in [-0.2, -0.15) is 0 Å². The van der Waals surface area contributed by atoms with Crippen LogP contribution in [0.15, 0.2) is 36.4 Å². The summed E-state index contributed by atoms with van der Waals surface area (Å²) in [4.78, 5) is 0. The highest BCUT2D eigenvalue weighted by atomic mass is 19.1. The van der Waals surface area contributed by atoms with E-state index in [-0.39, 0.29) is 5.75 Å². The maximum atomic E-state index is 12.8. The zero-order chi connectivity index (χ0) is 11.8. The Morgan fingerprint density at radius 1 is 1.36 bits per heavy atom. The molecule has 0 amide bonds. The SMILES string of the molecule is [2H]C([2H])(F)Oc1cccc2cc(N)ccc12. The molecule has 0 fully saturated rings. The van der Waals surface area contributed by atoms with Crippen molar-refractivity contribution in [3.63, 3.8) is 0 Å². The van der Waals surface area contributed by atoms with E-state index in [0.29, 0.717) is 11.1 Å². The summed E-state index contributed by atoms with van der Waals surface area (Å²) >= 11 is 0. The van der Waals surface area contributed by atoms with Crippen LogP contribution in [-0.2, 0) is 0 Å². The molecular weight excluding hydrogens is 181 g/mol. The van der Waals surface area contributed by atoms with Gasteiger partial charge in [0.1, 0.15) is 8.49 Å². The monoisotopic (exact) mass is 193 g/mol. The average molecular weight is 193 g/mol. The Labute approximate surface area is 83.9 Å². The lowest BCUT2D eigenvalue weighted by Crippen LogP contribution is -1.91. The fraction of sp³-hybridized carbons (Fsp3) is 0.0909. The van der Waals surface area contributed by atoms with Gasteiger partial charge < -0.3 is 10.5 Å². The number of nitrogen functional groups attached to an aromatic ring is 1. The molecule has 2 rings (SSSR count). The lowest BCUT2D eigenvalue weighted by molar-refractivity contribution is 0.194. The second-order valence-corrected chi connectivity index (χ2v) is 2.92. The minimum atomic E-state index is -3.18. The quantitative estimate of drug-likeness (QED) is 0.744. The number of alkyl halides is 1. The highest BCUT2D eigenvalue weighted by Crippen LogP contribution is 2.26. The van der Waals surface area contributed by atoms with E-state index in [9.17, 15) is 4.39 Å². The summed E-state index contributed by atoms with van der Waals surface area (Å²) in [6.45, 7) is -3.18. The van der Waals surface area contributed by atoms with Crippen LogP contribution in [0.25, 0.3) is 10.8 Å². The van der Waals surface area contributed by atoms with E-state index in [1.54, 1.807) is 30.3 Å². The lowest BCUT2D eigenvalue weighted by atomic mass is 10.1. The normalized spacial score (nSPS) is 13.5. The number of benzene rings is 2. The summed E-state index contributed by atoms with van der Waals surface area (Å²) in [7, 11) is 0. The number of anilines is 1. The molecule has 3 heteroatoms. The minimum absolute atomic E-state index is 0.157. The largest absolute Gasteiger partial charge is 0.462 e. The number of hydrogen-bond donors (Lipinski definition) is 1. The van der Waals surface area contributed by atoms with Gasteiger partial charge in [-0.25, -0.2) is 4.39 Å². The van der Waals surface area contributed by atoms with Crippen molar-refractivity contribution < 1.29 is 11.9 Å². The number of hydrogen-bond acceptors (Lipinski definition) is 2. The van der Waals surface area contributed by atoms with E-state index in [4.69, 9.17) is 8.48 Å². The molecule has 0 radical (unpaired) electrons. The van der Waals surface area contributed by atoms with Gasteiger partial charge in [0.2, 0.25) is 6.81 Å². The Balaban J connectivity index is 2.54. The van der Waals surface area contributed by atoms with Crippen LogP contribution < -0.4 is 10.5 Å². The molecule has 0 aliphatic rings. The van der Waals surface area contributed by atoms with Crippen molar-refractivity contribution in [1.29, 1.82) is 0 Å². The first-order valence-corrected chi connectivity index (χ1v) is 4.12. The molecule has 72 valence electrons. The fourth-order valence-electron chi connectivity index (χ4n) is 1.40. The maximum Gasteiger partial charge on any atom is 0.228 e. The molecule has 2 aromatic rings. The molecular formula is C11H10FNO. The number of rotatable bonds is 2. The second-order valence-electron chi connectivity index (χ2n) is 2.92. The van der Waals surface area contributed by atoms with Gasteiger partial charge in [-0.1, -0.05) is 12.1 Å². The van der Waals surface area contributed by atoms with Crippen molar-refractivity contribution in [3.8, 4) is 5.75 Å². The van der Waals surface area contributed by atoms with Crippen molar-refractivity contribution >= 4 is 16.5 Å². The van der Waals surface area contributed by atoms with Crippen molar-refractivity contribution in [3.05, 3.63) is 36.4 Å². The van der Waals surface area contributed by atoms with Gasteiger partial charge >= 0.3 is 0 Å². The maximum absolute atomic E-state index is 12.8. The predicted molar refractivity (Wildman–Crippen MR) is 55.0 cm³/mol. The zero-order valence-electron chi connectivity index (χ0n) is 9.33. The van der Waals surface area contributed by atoms with Crippen molar-refractivity contribution in [2.75, 3.05) is 12.5 Å². The van der Waals surface area contributed by atoms with Gasteiger partial charge in [0.15, 0.2) is 0 Å². The van der Waals surface area contributed by atoms with Crippen molar-refractivity contribution in [1.82, 2.24) is 0 Å². The van der Waals surface area contributed by atoms with E-state index in [1.807, 2.05) is 0 Å². The Hall–Kier alpha value is -1.77. The molecule has 0 heterocycles. The summed E-state index contributed by atoms with van der Waals surface area (Å²) in [5.74, 6) is 0.157. The molecule has 0 saturated heterocycles. The molecule has 14 heavy (non-hydrogen) atoms. The average Bonchev–Trinajstić information content (AvgIpc) is 2.15. The van der Waals surface area contributed by atoms with Gasteiger partial charge in [-0.3, -0.25) is 0 Å². The summed E-state index contributed by atoms with van der Waals surface area (Å²) in [5.41, 5.74) is 6.20. The van der Waals surface area contributed by atoms with Crippen LogP contribution in [0.2, 0.25) is 0 Å². The first kappa shape index (κ1) is 6.65. The molecule has 0 atom stereocenters. The third-order valence-corrected chi connectivity index (χ3v) is 2.01. The molecule has 2 N–H and O–H groups in total. The molecule has 0 bridgehead atoms. The molecule has 0 aliphatic heterocycles. The van der Waals surface area contributed by atoms with E-state index < -0.39 is 6.81 Å². The minimum Gasteiger partial charge on any atom is -0.462 e. The van der Waals surface area contributed by atoms with Crippen molar-refractivity contribution in [2.45, 2.75) is 0 Å². The Morgan fingerprint density at radius 3 is 3.00 bits per heavy atom. The first-order valence-electron chi connectivity index (χ1n) is 5.12. The zero-order valence-corrected chi connectivity index (χ0v) is 7.33. The molecule has 2 nitrogen and oxygen atoms in total. The summed E-state index contributed by atoms with van der Waals surface area (Å²) in [6.07, 6.45) is 0. The van der Waals surface area contributed by atoms with Crippen LogP contribution in [0.1, 0.15) is 2.74 Å². The molecule has 2 aromatic carbocycles.